The Labute approximate surface area is 169 Å². The van der Waals surface area contributed by atoms with Crippen LogP contribution in [0.1, 0.15) is 23.7 Å². The average Bonchev–Trinajstić information content (AvgIpc) is 2.71. The molecule has 0 aliphatic rings. The number of carbonyl (C=O) groups is 2. The van der Waals surface area contributed by atoms with E-state index >= 15 is 0 Å². The molecule has 0 aliphatic heterocycles. The van der Waals surface area contributed by atoms with E-state index in [1.807, 2.05) is 51.1 Å². The first-order valence-corrected chi connectivity index (χ1v) is 9.51. The summed E-state index contributed by atoms with van der Waals surface area (Å²) in [5, 5.41) is 3.71. The number of amides is 1. The van der Waals surface area contributed by atoms with Gasteiger partial charge in [-0.1, -0.05) is 30.3 Å². The number of hydrogen-bond acceptors (Lipinski definition) is 5. The van der Waals surface area contributed by atoms with E-state index in [1.54, 1.807) is 18.2 Å². The largest absolute Gasteiger partial charge is 0.492 e. The van der Waals surface area contributed by atoms with Crippen molar-refractivity contribution in [1.82, 2.24) is 4.98 Å². The number of ether oxygens (including phenoxy) is 2. The Morgan fingerprint density at radius 3 is 2.55 bits per heavy atom. The molecule has 0 radical (unpaired) electrons. The van der Waals surface area contributed by atoms with Gasteiger partial charge in [-0.3, -0.25) is 14.6 Å². The molecule has 0 bridgehead atoms. The molecule has 1 amide bonds. The Hall–Kier alpha value is -3.41. The first-order valence-electron chi connectivity index (χ1n) is 9.51. The van der Waals surface area contributed by atoms with Crippen LogP contribution in [0.2, 0.25) is 0 Å². The van der Waals surface area contributed by atoms with Crippen molar-refractivity contribution in [3.05, 3.63) is 65.4 Å². The topological polar surface area (TPSA) is 77.5 Å². The number of nitrogens with zero attached hydrogens (tertiary/aromatic N) is 1. The van der Waals surface area contributed by atoms with Gasteiger partial charge in [0.25, 0.3) is 5.91 Å². The van der Waals surface area contributed by atoms with Gasteiger partial charge in [0.1, 0.15) is 5.75 Å². The highest BCUT2D eigenvalue weighted by atomic mass is 16.5. The van der Waals surface area contributed by atoms with Gasteiger partial charge < -0.3 is 14.8 Å². The summed E-state index contributed by atoms with van der Waals surface area (Å²) in [5.41, 5.74) is 4.05. The van der Waals surface area contributed by atoms with Crippen molar-refractivity contribution in [2.75, 3.05) is 18.5 Å². The summed E-state index contributed by atoms with van der Waals surface area (Å²) in [7, 11) is 0. The summed E-state index contributed by atoms with van der Waals surface area (Å²) >= 11 is 0. The van der Waals surface area contributed by atoms with Crippen molar-refractivity contribution >= 4 is 28.5 Å². The molecule has 0 aliphatic carbocycles. The number of esters is 1. The van der Waals surface area contributed by atoms with Crippen LogP contribution in [0, 0.1) is 13.8 Å². The maximum atomic E-state index is 12.3. The first kappa shape index (κ1) is 20.3. The van der Waals surface area contributed by atoms with E-state index in [0.717, 1.165) is 27.7 Å². The number of nitrogens with one attached hydrogen (secondary N) is 1. The predicted molar refractivity (Wildman–Crippen MR) is 112 cm³/mol. The number of aromatic nitrogens is 1. The van der Waals surface area contributed by atoms with Gasteiger partial charge in [0, 0.05) is 11.1 Å². The number of carbonyl (C=O) groups excluding carboxylic acids is 2. The van der Waals surface area contributed by atoms with E-state index in [-0.39, 0.29) is 13.0 Å². The predicted octanol–water partition coefficient (Wildman–Crippen LogP) is 3.97. The number of benzene rings is 2. The highest BCUT2D eigenvalue weighted by Gasteiger charge is 2.15. The second-order valence-electron chi connectivity index (χ2n) is 6.63. The molecule has 0 unspecified atom stereocenters. The Kier molecular flexibility index (Phi) is 6.44. The molecule has 3 aromatic rings. The van der Waals surface area contributed by atoms with Gasteiger partial charge >= 0.3 is 5.97 Å². The fraction of sp³-hybridized carbons (Fsp3) is 0.261. The summed E-state index contributed by atoms with van der Waals surface area (Å²) in [6.07, 6.45) is 0.0678. The number of anilines is 1. The number of aryl methyl sites for hydroxylation is 2. The SMILES string of the molecule is CCOc1ccccc1NC(=O)COC(=O)Cc1c(C)nc2ccccc2c1C. The molecule has 6 nitrogen and oxygen atoms in total. The van der Waals surface area contributed by atoms with E-state index in [9.17, 15) is 9.59 Å². The van der Waals surface area contributed by atoms with Gasteiger partial charge in [-0.15, -0.1) is 0 Å². The van der Waals surface area contributed by atoms with Crippen LogP contribution in [0.25, 0.3) is 10.9 Å². The lowest BCUT2D eigenvalue weighted by molar-refractivity contribution is -0.146. The van der Waals surface area contributed by atoms with Crippen molar-refractivity contribution in [3.63, 3.8) is 0 Å². The minimum absolute atomic E-state index is 0.0678. The molecule has 0 saturated heterocycles. The van der Waals surface area contributed by atoms with Gasteiger partial charge in [-0.05, 0) is 50.1 Å². The van der Waals surface area contributed by atoms with Gasteiger partial charge in [0.05, 0.1) is 24.2 Å². The number of rotatable bonds is 7. The zero-order chi connectivity index (χ0) is 20.8. The second-order valence-corrected chi connectivity index (χ2v) is 6.63. The molecular formula is C23H24N2O4. The smallest absolute Gasteiger partial charge is 0.310 e. The summed E-state index contributed by atoms with van der Waals surface area (Å²) in [6, 6.07) is 14.9. The Bertz CT molecular complexity index is 1050. The van der Waals surface area contributed by atoms with Crippen molar-refractivity contribution in [1.29, 1.82) is 0 Å². The molecule has 1 aromatic heterocycles. The summed E-state index contributed by atoms with van der Waals surface area (Å²) in [4.78, 5) is 29.1. The molecule has 1 N–H and O–H groups in total. The third-order valence-electron chi connectivity index (χ3n) is 4.63. The van der Waals surface area contributed by atoms with Crippen molar-refractivity contribution in [3.8, 4) is 5.75 Å². The zero-order valence-electron chi connectivity index (χ0n) is 16.8. The van der Waals surface area contributed by atoms with E-state index in [2.05, 4.69) is 10.3 Å². The summed E-state index contributed by atoms with van der Waals surface area (Å²) in [6.45, 7) is 5.83. The minimum atomic E-state index is -0.471. The van der Waals surface area contributed by atoms with Crippen LogP contribution < -0.4 is 10.1 Å². The molecule has 29 heavy (non-hydrogen) atoms. The molecule has 0 atom stereocenters. The van der Waals surface area contributed by atoms with Gasteiger partial charge in [-0.25, -0.2) is 0 Å². The van der Waals surface area contributed by atoms with Crippen LogP contribution >= 0.6 is 0 Å². The number of pyridine rings is 1. The molecule has 1 heterocycles. The standard InChI is InChI=1S/C23H24N2O4/c1-4-28-21-12-8-7-11-20(21)25-22(26)14-29-23(27)13-18-15(2)17-9-5-6-10-19(17)24-16(18)3/h5-12H,4,13-14H2,1-3H3,(H,25,26). The molecule has 6 heteroatoms. The van der Waals surface area contributed by atoms with Crippen molar-refractivity contribution in [2.45, 2.75) is 27.2 Å². The van der Waals surface area contributed by atoms with Gasteiger partial charge in [0.2, 0.25) is 0 Å². The van der Waals surface area contributed by atoms with Crippen LogP contribution in [0.4, 0.5) is 5.69 Å². The first-order chi connectivity index (χ1) is 14.0. The normalized spacial score (nSPS) is 10.6. The Balaban J connectivity index is 1.62. The summed E-state index contributed by atoms with van der Waals surface area (Å²) < 4.78 is 10.7. The highest BCUT2D eigenvalue weighted by molar-refractivity contribution is 5.94. The number of para-hydroxylation sites is 3. The molecule has 0 saturated carbocycles. The Morgan fingerprint density at radius 1 is 1.03 bits per heavy atom. The zero-order valence-corrected chi connectivity index (χ0v) is 16.8. The molecule has 3 rings (SSSR count). The lowest BCUT2D eigenvalue weighted by Gasteiger charge is -2.13. The summed E-state index contributed by atoms with van der Waals surface area (Å²) in [5.74, 6) is -0.319. The second kappa shape index (κ2) is 9.19. The van der Waals surface area contributed by atoms with Crippen LogP contribution in [0.5, 0.6) is 5.75 Å². The van der Waals surface area contributed by atoms with Gasteiger partial charge in [0.15, 0.2) is 6.61 Å². The van der Waals surface area contributed by atoms with Crippen molar-refractivity contribution in [2.24, 2.45) is 0 Å². The number of hydrogen-bond donors (Lipinski definition) is 1. The van der Waals surface area contributed by atoms with Crippen molar-refractivity contribution < 1.29 is 19.1 Å². The lowest BCUT2D eigenvalue weighted by Crippen LogP contribution is -2.22. The van der Waals surface area contributed by atoms with E-state index in [1.165, 1.54) is 0 Å². The van der Waals surface area contributed by atoms with E-state index < -0.39 is 11.9 Å². The van der Waals surface area contributed by atoms with E-state index in [0.29, 0.717) is 18.0 Å². The van der Waals surface area contributed by atoms with Crippen LogP contribution in [-0.2, 0) is 20.7 Å². The fourth-order valence-corrected chi connectivity index (χ4v) is 3.21. The van der Waals surface area contributed by atoms with Gasteiger partial charge in [-0.2, -0.15) is 0 Å². The molecule has 0 spiro atoms. The van der Waals surface area contributed by atoms with Crippen LogP contribution in [0.3, 0.4) is 0 Å². The molecule has 0 fully saturated rings. The monoisotopic (exact) mass is 392 g/mol. The molecule has 150 valence electrons. The van der Waals surface area contributed by atoms with Crippen LogP contribution in [-0.4, -0.2) is 30.1 Å². The highest BCUT2D eigenvalue weighted by Crippen LogP contribution is 2.24. The number of fused-ring (bicyclic) bond motifs is 1. The maximum Gasteiger partial charge on any atom is 0.310 e. The Morgan fingerprint density at radius 2 is 1.76 bits per heavy atom. The third-order valence-corrected chi connectivity index (χ3v) is 4.63. The quantitative estimate of drug-likeness (QED) is 0.616. The molecular weight excluding hydrogens is 368 g/mol. The fourth-order valence-electron chi connectivity index (χ4n) is 3.21. The lowest BCUT2D eigenvalue weighted by atomic mass is 10.00. The minimum Gasteiger partial charge on any atom is -0.492 e. The maximum absolute atomic E-state index is 12.3. The molecule has 2 aromatic carbocycles. The average molecular weight is 392 g/mol. The third kappa shape index (κ3) is 4.90. The van der Waals surface area contributed by atoms with Crippen LogP contribution in [0.15, 0.2) is 48.5 Å². The van der Waals surface area contributed by atoms with E-state index in [4.69, 9.17) is 9.47 Å².